The molecule has 1 aliphatic heterocycles. The summed E-state index contributed by atoms with van der Waals surface area (Å²) in [7, 11) is 0. The van der Waals surface area contributed by atoms with Crippen molar-refractivity contribution in [1.29, 1.82) is 5.26 Å². The average molecular weight is 425 g/mol. The summed E-state index contributed by atoms with van der Waals surface area (Å²) < 4.78 is 5.42. The van der Waals surface area contributed by atoms with Crippen molar-refractivity contribution >= 4 is 46.1 Å². The number of carbonyl (C=O) groups is 1. The van der Waals surface area contributed by atoms with E-state index in [2.05, 4.69) is 15.0 Å². The second-order valence-corrected chi connectivity index (χ2v) is 7.79. The van der Waals surface area contributed by atoms with Crippen LogP contribution in [0, 0.1) is 11.3 Å². The molecule has 8 nitrogen and oxygen atoms in total. The number of piperazine rings is 1. The van der Waals surface area contributed by atoms with Crippen molar-refractivity contribution < 1.29 is 9.53 Å². The lowest BCUT2D eigenvalue weighted by molar-refractivity contribution is 0.0240. The third kappa shape index (κ3) is 5.81. The quantitative estimate of drug-likeness (QED) is 0.639. The third-order valence-corrected chi connectivity index (χ3v) is 4.06. The van der Waals surface area contributed by atoms with E-state index in [1.165, 1.54) is 6.92 Å². The number of pyridine rings is 1. The van der Waals surface area contributed by atoms with Crippen LogP contribution in [-0.4, -0.2) is 57.7 Å². The Morgan fingerprint density at radius 2 is 1.82 bits per heavy atom. The molecule has 1 saturated heterocycles. The number of aromatic nitrogens is 3. The highest BCUT2D eigenvalue weighted by atomic mass is 35.5. The largest absolute Gasteiger partial charge is 0.444 e. The Kier molecular flexibility index (Phi) is 7.22. The van der Waals surface area contributed by atoms with Gasteiger partial charge in [-0.05, 0) is 38.4 Å². The lowest BCUT2D eigenvalue weighted by Crippen LogP contribution is -2.50. The van der Waals surface area contributed by atoms with Gasteiger partial charge in [-0.15, -0.1) is 0 Å². The minimum absolute atomic E-state index is 0.140. The number of rotatable bonds is 1. The fourth-order valence-corrected chi connectivity index (χ4v) is 2.92. The number of nitriles is 1. The molecule has 3 rings (SSSR count). The normalized spacial score (nSPS) is 14.2. The summed E-state index contributed by atoms with van der Waals surface area (Å²) in [5.74, 6) is 0.649. The minimum Gasteiger partial charge on any atom is -0.444 e. The molecule has 2 aromatic heterocycles. The molecule has 150 valence electrons. The van der Waals surface area contributed by atoms with Crippen LogP contribution in [0.15, 0.2) is 12.3 Å². The molecule has 28 heavy (non-hydrogen) atoms. The summed E-state index contributed by atoms with van der Waals surface area (Å²) in [5, 5.41) is 7.95. The molecular weight excluding hydrogens is 403 g/mol. The summed E-state index contributed by atoms with van der Waals surface area (Å²) in [5.41, 5.74) is 0.727. The van der Waals surface area contributed by atoms with Gasteiger partial charge in [-0.3, -0.25) is 0 Å². The van der Waals surface area contributed by atoms with Crippen LogP contribution < -0.4 is 4.90 Å². The van der Waals surface area contributed by atoms with Crippen LogP contribution in [-0.2, 0) is 4.74 Å². The molecule has 1 fully saturated rings. The van der Waals surface area contributed by atoms with Gasteiger partial charge in [-0.2, -0.15) is 10.2 Å². The Bertz CT molecular complexity index is 881. The number of nitrogens with zero attached hydrogens (tertiary/aromatic N) is 6. The first-order chi connectivity index (χ1) is 13.1. The van der Waals surface area contributed by atoms with Gasteiger partial charge in [0, 0.05) is 39.3 Å². The monoisotopic (exact) mass is 424 g/mol. The van der Waals surface area contributed by atoms with Crippen LogP contribution in [0.2, 0.25) is 10.3 Å². The maximum atomic E-state index is 12.2. The predicted molar refractivity (Wildman–Crippen MR) is 109 cm³/mol. The van der Waals surface area contributed by atoms with Crippen LogP contribution in [0.4, 0.5) is 10.6 Å². The highest BCUT2D eigenvalue weighted by Crippen LogP contribution is 2.26. The third-order valence-electron chi connectivity index (χ3n) is 3.69. The fourth-order valence-electron chi connectivity index (χ4n) is 2.60. The van der Waals surface area contributed by atoms with Gasteiger partial charge in [0.05, 0.1) is 16.6 Å². The number of hydrogen-bond donors (Lipinski definition) is 0. The average Bonchev–Trinajstić information content (AvgIpc) is 2.60. The van der Waals surface area contributed by atoms with E-state index in [1.54, 1.807) is 23.2 Å². The number of carbonyl (C=O) groups excluding carboxylic acids is 1. The molecule has 3 heterocycles. The Hall–Kier alpha value is -2.37. The highest BCUT2D eigenvalue weighted by Gasteiger charge is 2.27. The van der Waals surface area contributed by atoms with E-state index in [0.29, 0.717) is 48.1 Å². The second kappa shape index (κ2) is 9.22. The molecule has 0 atom stereocenters. The number of hydrogen-bond acceptors (Lipinski definition) is 7. The molecule has 1 amide bonds. The topological polar surface area (TPSA) is 95.2 Å². The summed E-state index contributed by atoms with van der Waals surface area (Å²) >= 11 is 12.0. The Labute approximate surface area is 174 Å². The molecule has 0 saturated carbocycles. The van der Waals surface area contributed by atoms with Crippen molar-refractivity contribution in [1.82, 2.24) is 19.9 Å². The van der Waals surface area contributed by atoms with Crippen LogP contribution in [0.3, 0.4) is 0 Å². The number of halogens is 2. The van der Waals surface area contributed by atoms with Crippen molar-refractivity contribution in [2.45, 2.75) is 33.3 Å². The van der Waals surface area contributed by atoms with Crippen LogP contribution >= 0.6 is 23.2 Å². The van der Waals surface area contributed by atoms with Gasteiger partial charge in [0.2, 0.25) is 5.28 Å². The molecular formula is C18H22Cl2N6O2. The van der Waals surface area contributed by atoms with Crippen LogP contribution in [0.1, 0.15) is 27.7 Å². The Balaban J connectivity index is 0.000000878. The lowest BCUT2D eigenvalue weighted by atomic mass is 10.2. The summed E-state index contributed by atoms with van der Waals surface area (Å²) in [4.78, 5) is 28.7. The van der Waals surface area contributed by atoms with Gasteiger partial charge >= 0.3 is 6.09 Å². The smallest absolute Gasteiger partial charge is 0.410 e. The van der Waals surface area contributed by atoms with E-state index in [1.807, 2.05) is 25.7 Å². The molecule has 0 radical (unpaired) electrons. The number of fused-ring (bicyclic) bond motifs is 1. The molecule has 0 bridgehead atoms. The first kappa shape index (κ1) is 21.9. The number of ether oxygens (including phenoxy) is 1. The van der Waals surface area contributed by atoms with Gasteiger partial charge < -0.3 is 14.5 Å². The molecule has 1 aliphatic rings. The van der Waals surface area contributed by atoms with Crippen molar-refractivity contribution in [3.8, 4) is 6.07 Å². The summed E-state index contributed by atoms with van der Waals surface area (Å²) in [6, 6.07) is 3.46. The molecule has 0 unspecified atom stereocenters. The van der Waals surface area contributed by atoms with Crippen molar-refractivity contribution in [3.63, 3.8) is 0 Å². The minimum atomic E-state index is -0.506. The van der Waals surface area contributed by atoms with Gasteiger partial charge in [-0.1, -0.05) is 11.6 Å². The predicted octanol–water partition coefficient (Wildman–Crippen LogP) is 3.92. The molecule has 10 heteroatoms. The van der Waals surface area contributed by atoms with E-state index in [9.17, 15) is 4.79 Å². The van der Waals surface area contributed by atoms with Crippen molar-refractivity contribution in [3.05, 3.63) is 22.6 Å². The standard InChI is InChI=1S/C16H19Cl2N5O2.C2H3N/c1-16(2,3)25-15(24)23-6-4-22(5-7-23)13-12-11(20-14(18)21-13)8-10(17)9-19-12;1-2-3/h8-9H,4-7H2,1-3H3;1H3. The van der Waals surface area contributed by atoms with Gasteiger partial charge in [0.1, 0.15) is 11.1 Å². The van der Waals surface area contributed by atoms with E-state index >= 15 is 0 Å². The summed E-state index contributed by atoms with van der Waals surface area (Å²) in [6.07, 6.45) is 1.25. The highest BCUT2D eigenvalue weighted by molar-refractivity contribution is 6.31. The zero-order valence-electron chi connectivity index (χ0n) is 16.2. The SMILES string of the molecule is CC#N.CC(C)(C)OC(=O)N1CCN(c2nc(Cl)nc3cc(Cl)cnc23)CC1. The summed E-state index contributed by atoms with van der Waals surface area (Å²) in [6.45, 7) is 9.27. The molecule has 0 spiro atoms. The lowest BCUT2D eigenvalue weighted by Gasteiger charge is -2.36. The number of anilines is 1. The van der Waals surface area contributed by atoms with E-state index < -0.39 is 5.60 Å². The van der Waals surface area contributed by atoms with Gasteiger partial charge in [-0.25, -0.2) is 14.8 Å². The first-order valence-electron chi connectivity index (χ1n) is 8.67. The zero-order chi connectivity index (χ0) is 20.9. The van der Waals surface area contributed by atoms with Gasteiger partial charge in [0.15, 0.2) is 5.82 Å². The van der Waals surface area contributed by atoms with Gasteiger partial charge in [0.25, 0.3) is 0 Å². The van der Waals surface area contributed by atoms with Crippen LogP contribution in [0.25, 0.3) is 11.0 Å². The number of amides is 1. The van der Waals surface area contributed by atoms with E-state index in [-0.39, 0.29) is 11.4 Å². The van der Waals surface area contributed by atoms with Crippen molar-refractivity contribution in [2.24, 2.45) is 0 Å². The molecule has 0 N–H and O–H groups in total. The molecule has 0 aliphatic carbocycles. The maximum absolute atomic E-state index is 12.2. The Morgan fingerprint density at radius 3 is 2.39 bits per heavy atom. The Morgan fingerprint density at radius 1 is 1.21 bits per heavy atom. The van der Waals surface area contributed by atoms with Crippen LogP contribution in [0.5, 0.6) is 0 Å². The molecule has 0 aromatic carbocycles. The zero-order valence-corrected chi connectivity index (χ0v) is 17.8. The van der Waals surface area contributed by atoms with E-state index in [4.69, 9.17) is 33.2 Å². The maximum Gasteiger partial charge on any atom is 0.410 e. The van der Waals surface area contributed by atoms with E-state index in [0.717, 1.165) is 0 Å². The first-order valence-corrected chi connectivity index (χ1v) is 9.42. The fraction of sp³-hybridized carbons (Fsp3) is 0.500. The van der Waals surface area contributed by atoms with Crippen molar-refractivity contribution in [2.75, 3.05) is 31.1 Å². The second-order valence-electron chi connectivity index (χ2n) is 7.02. The molecule has 2 aromatic rings.